The highest BCUT2D eigenvalue weighted by molar-refractivity contribution is 7.25. The Morgan fingerprint density at radius 1 is 0.677 bits per heavy atom. The second-order valence-electron chi connectivity index (χ2n) is 6.70. The second-order valence-corrected chi connectivity index (χ2v) is 7.79. The molecule has 0 aliphatic carbocycles. The van der Waals surface area contributed by atoms with Gasteiger partial charge in [0.1, 0.15) is 11.4 Å². The third-order valence-corrected chi connectivity index (χ3v) is 5.42. The molecule has 0 unspecified atom stereocenters. The number of carbonyl (C=O) groups is 4. The van der Waals surface area contributed by atoms with Crippen LogP contribution in [0, 0.1) is 0 Å². The Balaban J connectivity index is 2.02. The molecule has 0 atom stereocenters. The maximum absolute atomic E-state index is 12.6. The summed E-state index contributed by atoms with van der Waals surface area (Å²) >= 11 is 1.53. The van der Waals surface area contributed by atoms with E-state index in [0.717, 1.165) is 20.2 Å². The molecular formula is C22H18N2O6S. The first kappa shape index (κ1) is 22.0. The maximum Gasteiger partial charge on any atom is 0.331 e. The van der Waals surface area contributed by atoms with Crippen molar-refractivity contribution in [3.05, 3.63) is 47.5 Å². The van der Waals surface area contributed by atoms with Crippen molar-refractivity contribution in [3.63, 3.8) is 0 Å². The highest BCUT2D eigenvalue weighted by Gasteiger charge is 2.16. The average molecular weight is 438 g/mol. The number of Topliss-reactive ketones (excluding diaryl/α,β-unsaturated/α-hetero) is 2. The van der Waals surface area contributed by atoms with Gasteiger partial charge < -0.3 is 9.68 Å². The highest BCUT2D eigenvalue weighted by Crippen LogP contribution is 2.35. The van der Waals surface area contributed by atoms with Crippen LogP contribution in [-0.4, -0.2) is 34.9 Å². The van der Waals surface area contributed by atoms with Crippen LogP contribution >= 0.6 is 11.3 Å². The van der Waals surface area contributed by atoms with Crippen molar-refractivity contribution >= 4 is 66.4 Å². The fourth-order valence-corrected chi connectivity index (χ4v) is 3.89. The monoisotopic (exact) mass is 438 g/mol. The summed E-state index contributed by atoms with van der Waals surface area (Å²) in [6.45, 7) is 5.32. The highest BCUT2D eigenvalue weighted by atomic mass is 32.1. The van der Waals surface area contributed by atoms with Gasteiger partial charge in [0.2, 0.25) is 11.6 Å². The summed E-state index contributed by atoms with van der Waals surface area (Å²) in [7, 11) is 0. The number of fused-ring (bicyclic) bond motifs is 3. The molecule has 2 aromatic carbocycles. The van der Waals surface area contributed by atoms with E-state index in [9.17, 15) is 19.2 Å². The molecule has 0 aliphatic heterocycles. The van der Waals surface area contributed by atoms with Gasteiger partial charge in [0.15, 0.2) is 0 Å². The van der Waals surface area contributed by atoms with Gasteiger partial charge >= 0.3 is 11.9 Å². The quantitative estimate of drug-likeness (QED) is 0.246. The molecule has 1 heterocycles. The molecule has 3 aromatic rings. The molecule has 0 bridgehead atoms. The van der Waals surface area contributed by atoms with E-state index in [1.165, 1.54) is 39.0 Å². The lowest BCUT2D eigenvalue weighted by Gasteiger charge is -2.02. The molecular weight excluding hydrogens is 420 g/mol. The molecule has 1 aromatic heterocycles. The molecule has 0 radical (unpaired) electrons. The van der Waals surface area contributed by atoms with Crippen molar-refractivity contribution in [2.24, 2.45) is 10.3 Å². The van der Waals surface area contributed by atoms with Gasteiger partial charge in [-0.2, -0.15) is 0 Å². The van der Waals surface area contributed by atoms with Gasteiger partial charge in [-0.1, -0.05) is 10.3 Å². The molecule has 0 saturated carbocycles. The van der Waals surface area contributed by atoms with Crippen molar-refractivity contribution in [2.75, 3.05) is 0 Å². The molecule has 0 N–H and O–H groups in total. The van der Waals surface area contributed by atoms with E-state index in [4.69, 9.17) is 0 Å². The van der Waals surface area contributed by atoms with Crippen molar-refractivity contribution in [2.45, 2.75) is 27.7 Å². The molecule has 158 valence electrons. The molecule has 31 heavy (non-hydrogen) atoms. The molecule has 3 rings (SSSR count). The zero-order valence-corrected chi connectivity index (χ0v) is 18.0. The minimum atomic E-state index is -0.615. The molecule has 0 saturated heterocycles. The number of hydrogen-bond acceptors (Lipinski definition) is 9. The first-order valence-corrected chi connectivity index (χ1v) is 9.99. The summed E-state index contributed by atoms with van der Waals surface area (Å²) in [5.41, 5.74) is 0.847. The largest absolute Gasteiger partial charge is 0.331 e. The Morgan fingerprint density at radius 3 is 1.42 bits per heavy atom. The maximum atomic E-state index is 12.6. The number of hydrogen-bond donors (Lipinski definition) is 0. The lowest BCUT2D eigenvalue weighted by atomic mass is 10.0. The summed E-state index contributed by atoms with van der Waals surface area (Å²) < 4.78 is 1.88. The molecule has 8 nitrogen and oxygen atoms in total. The van der Waals surface area contributed by atoms with Gasteiger partial charge in [0.05, 0.1) is 0 Å². The fraction of sp³-hybridized carbons (Fsp3) is 0.182. The van der Waals surface area contributed by atoms with Gasteiger partial charge in [-0.05, 0) is 50.2 Å². The van der Waals surface area contributed by atoms with Crippen LogP contribution in [0.25, 0.3) is 20.2 Å². The molecule has 0 aliphatic rings. The summed E-state index contributed by atoms with van der Waals surface area (Å²) in [5.74, 6) is -1.98. The number of thiophene rings is 1. The summed E-state index contributed by atoms with van der Waals surface area (Å²) in [6, 6.07) is 10.4. The first-order valence-electron chi connectivity index (χ1n) is 9.17. The van der Waals surface area contributed by atoms with Gasteiger partial charge in [-0.3, -0.25) is 9.59 Å². The standard InChI is InChI=1S/C22H18N2O6S/c1-11(23-29-13(3)25)21(27)15-5-7-19-17(9-15)18-10-16(6-8-20(18)31-19)22(28)12(2)24-30-14(4)26/h5-10H,1-4H3/b23-11+,24-12+. The Kier molecular flexibility index (Phi) is 6.36. The minimum Gasteiger partial charge on any atom is -0.318 e. The lowest BCUT2D eigenvalue weighted by Crippen LogP contribution is -2.12. The fourth-order valence-electron chi connectivity index (χ4n) is 2.83. The van der Waals surface area contributed by atoms with Crippen LogP contribution in [0.15, 0.2) is 46.7 Å². The average Bonchev–Trinajstić information content (AvgIpc) is 3.11. The van der Waals surface area contributed by atoms with Crippen molar-refractivity contribution in [3.8, 4) is 0 Å². The van der Waals surface area contributed by atoms with Crippen LogP contribution in [0.1, 0.15) is 48.4 Å². The van der Waals surface area contributed by atoms with Crippen molar-refractivity contribution in [1.29, 1.82) is 0 Å². The molecule has 0 spiro atoms. The van der Waals surface area contributed by atoms with Crippen LogP contribution in [-0.2, 0) is 19.3 Å². The van der Waals surface area contributed by atoms with E-state index in [0.29, 0.717) is 11.1 Å². The van der Waals surface area contributed by atoms with E-state index < -0.39 is 11.9 Å². The van der Waals surface area contributed by atoms with E-state index >= 15 is 0 Å². The zero-order valence-electron chi connectivity index (χ0n) is 17.2. The van der Waals surface area contributed by atoms with Crippen LogP contribution in [0.4, 0.5) is 0 Å². The van der Waals surface area contributed by atoms with E-state index in [2.05, 4.69) is 20.0 Å². The number of rotatable bonds is 6. The first-order chi connectivity index (χ1) is 14.7. The number of carbonyl (C=O) groups excluding carboxylic acids is 4. The van der Waals surface area contributed by atoms with Gasteiger partial charge in [-0.25, -0.2) is 9.59 Å². The minimum absolute atomic E-state index is 0.0438. The summed E-state index contributed by atoms with van der Waals surface area (Å²) in [6.07, 6.45) is 0. The van der Waals surface area contributed by atoms with Crippen molar-refractivity contribution in [1.82, 2.24) is 0 Å². The van der Waals surface area contributed by atoms with E-state index in [-0.39, 0.29) is 23.0 Å². The Morgan fingerprint density at radius 2 is 1.06 bits per heavy atom. The topological polar surface area (TPSA) is 111 Å². The normalized spacial score (nSPS) is 12.1. The zero-order chi connectivity index (χ0) is 22.7. The Hall–Kier alpha value is -3.72. The Bertz CT molecular complexity index is 1200. The third-order valence-electron chi connectivity index (χ3n) is 4.27. The van der Waals surface area contributed by atoms with E-state index in [1.807, 2.05) is 12.1 Å². The smallest absolute Gasteiger partial charge is 0.318 e. The second kappa shape index (κ2) is 8.97. The molecule has 0 fully saturated rings. The van der Waals surface area contributed by atoms with E-state index in [1.54, 1.807) is 24.3 Å². The third kappa shape index (κ3) is 4.89. The van der Waals surface area contributed by atoms with Crippen LogP contribution in [0.5, 0.6) is 0 Å². The summed E-state index contributed by atoms with van der Waals surface area (Å²) in [5, 5.41) is 8.69. The number of oxime groups is 2. The predicted molar refractivity (Wildman–Crippen MR) is 118 cm³/mol. The number of ketones is 2. The van der Waals surface area contributed by atoms with Crippen molar-refractivity contribution < 1.29 is 28.9 Å². The number of nitrogens with zero attached hydrogens (tertiary/aromatic N) is 2. The number of benzene rings is 2. The van der Waals surface area contributed by atoms with Crippen LogP contribution in [0.2, 0.25) is 0 Å². The van der Waals surface area contributed by atoms with Crippen LogP contribution < -0.4 is 0 Å². The van der Waals surface area contributed by atoms with Crippen LogP contribution in [0.3, 0.4) is 0 Å². The van der Waals surface area contributed by atoms with Gasteiger partial charge in [0, 0.05) is 45.1 Å². The summed E-state index contributed by atoms with van der Waals surface area (Å²) in [4.78, 5) is 56.1. The molecule has 9 heteroatoms. The van der Waals surface area contributed by atoms with Gasteiger partial charge in [0.25, 0.3) is 0 Å². The lowest BCUT2D eigenvalue weighted by molar-refractivity contribution is -0.141. The Labute approximate surface area is 181 Å². The van der Waals surface area contributed by atoms with Gasteiger partial charge in [-0.15, -0.1) is 11.3 Å². The SMILES string of the molecule is CC(=O)O/N=C(\C)C(=O)c1ccc2sc3ccc(C(=O)/C(C)=N/OC(C)=O)cc3c2c1. The molecule has 0 amide bonds. The predicted octanol–water partition coefficient (Wildman–Crippen LogP) is 4.30.